The minimum atomic E-state index is -0.524. The summed E-state index contributed by atoms with van der Waals surface area (Å²) in [4.78, 5) is 3.80. The van der Waals surface area contributed by atoms with Crippen LogP contribution in [0.2, 0.25) is 0 Å². The number of allylic oxidation sites excluding steroid dienone is 2. The number of hydrogen-bond donors (Lipinski definition) is 0. The highest BCUT2D eigenvalue weighted by atomic mass is 14.7. The molecule has 0 heterocycles. The van der Waals surface area contributed by atoms with Gasteiger partial charge in [0.1, 0.15) is 5.41 Å². The van der Waals surface area contributed by atoms with Crippen LogP contribution in [0.3, 0.4) is 0 Å². The maximum atomic E-state index is 8.66. The predicted octanol–water partition coefficient (Wildman–Crippen LogP) is 1.79. The van der Waals surface area contributed by atoms with Crippen molar-refractivity contribution in [2.24, 2.45) is 10.4 Å². The van der Waals surface area contributed by atoms with E-state index in [1.54, 1.807) is 13.3 Å². The van der Waals surface area contributed by atoms with Crippen molar-refractivity contribution >= 4 is 6.21 Å². The van der Waals surface area contributed by atoms with E-state index in [2.05, 4.69) is 11.1 Å². The molecule has 0 radical (unpaired) electrons. The molecule has 0 aromatic heterocycles. The second kappa shape index (κ2) is 3.84. The maximum Gasteiger partial charge on any atom is 0.107 e. The topological polar surface area (TPSA) is 36.1 Å². The third kappa shape index (κ3) is 2.45. The van der Waals surface area contributed by atoms with E-state index < -0.39 is 5.41 Å². The summed E-state index contributed by atoms with van der Waals surface area (Å²) in [7, 11) is 1.67. The summed E-state index contributed by atoms with van der Waals surface area (Å²) in [5.74, 6) is 0. The summed E-state index contributed by atoms with van der Waals surface area (Å²) in [6, 6.07) is 2.14. The molecule has 0 aromatic carbocycles. The molecule has 1 atom stereocenters. The first-order valence-electron chi connectivity index (χ1n) is 3.17. The first-order valence-corrected chi connectivity index (χ1v) is 3.17. The van der Waals surface area contributed by atoms with E-state index in [1.807, 2.05) is 26.0 Å². The fourth-order valence-corrected chi connectivity index (χ4v) is 0.724. The highest BCUT2D eigenvalue weighted by molar-refractivity contribution is 5.71. The van der Waals surface area contributed by atoms with Gasteiger partial charge in [-0.05, 0) is 13.8 Å². The zero-order valence-electron chi connectivity index (χ0n) is 6.63. The van der Waals surface area contributed by atoms with Crippen LogP contribution in [0.25, 0.3) is 0 Å². The van der Waals surface area contributed by atoms with Gasteiger partial charge in [-0.3, -0.25) is 4.99 Å². The molecule has 0 rings (SSSR count). The first-order chi connectivity index (χ1) is 4.68. The SMILES string of the molecule is C/C=C\C(C)(C#N)C=NC. The molecular formula is C8H12N2. The Morgan fingerprint density at radius 3 is 2.50 bits per heavy atom. The molecule has 2 heteroatoms. The largest absolute Gasteiger partial charge is 0.299 e. The third-order valence-corrected chi connectivity index (χ3v) is 1.15. The Morgan fingerprint density at radius 2 is 2.20 bits per heavy atom. The predicted molar refractivity (Wildman–Crippen MR) is 43.0 cm³/mol. The number of aliphatic imine (C=N–C) groups is 1. The first kappa shape index (κ1) is 8.90. The van der Waals surface area contributed by atoms with Gasteiger partial charge in [-0.25, -0.2) is 0 Å². The normalized spacial score (nSPS) is 17.4. The van der Waals surface area contributed by atoms with E-state index in [0.29, 0.717) is 0 Å². The van der Waals surface area contributed by atoms with E-state index in [1.165, 1.54) is 0 Å². The van der Waals surface area contributed by atoms with Crippen molar-refractivity contribution in [3.8, 4) is 6.07 Å². The molecule has 0 fully saturated rings. The Hall–Kier alpha value is -1.10. The minimum Gasteiger partial charge on any atom is -0.299 e. The second-order valence-electron chi connectivity index (χ2n) is 2.28. The van der Waals surface area contributed by atoms with Gasteiger partial charge in [0.25, 0.3) is 0 Å². The zero-order valence-corrected chi connectivity index (χ0v) is 6.63. The van der Waals surface area contributed by atoms with Crippen molar-refractivity contribution in [2.45, 2.75) is 13.8 Å². The molecule has 0 spiro atoms. The van der Waals surface area contributed by atoms with Gasteiger partial charge >= 0.3 is 0 Å². The van der Waals surface area contributed by atoms with Crippen molar-refractivity contribution in [1.29, 1.82) is 5.26 Å². The highest BCUT2D eigenvalue weighted by Crippen LogP contribution is 2.12. The van der Waals surface area contributed by atoms with Gasteiger partial charge in [0.15, 0.2) is 0 Å². The van der Waals surface area contributed by atoms with Crippen molar-refractivity contribution < 1.29 is 0 Å². The number of hydrogen-bond acceptors (Lipinski definition) is 2. The highest BCUT2D eigenvalue weighted by Gasteiger charge is 2.15. The molecule has 0 aromatic rings. The smallest absolute Gasteiger partial charge is 0.107 e. The molecule has 0 saturated carbocycles. The monoisotopic (exact) mass is 136 g/mol. The number of nitriles is 1. The van der Waals surface area contributed by atoms with Crippen LogP contribution in [0.4, 0.5) is 0 Å². The maximum absolute atomic E-state index is 8.66. The summed E-state index contributed by atoms with van der Waals surface area (Å²) < 4.78 is 0. The molecule has 0 aliphatic heterocycles. The van der Waals surface area contributed by atoms with Gasteiger partial charge in [-0.2, -0.15) is 5.26 Å². The molecular weight excluding hydrogens is 124 g/mol. The molecule has 0 amide bonds. The van der Waals surface area contributed by atoms with Crippen LogP contribution in [0, 0.1) is 16.7 Å². The minimum absolute atomic E-state index is 0.524. The Bertz CT molecular complexity index is 172. The van der Waals surface area contributed by atoms with Gasteiger partial charge in [-0.15, -0.1) is 0 Å². The van der Waals surface area contributed by atoms with E-state index in [-0.39, 0.29) is 0 Å². The van der Waals surface area contributed by atoms with Crippen molar-refractivity contribution in [3.05, 3.63) is 12.2 Å². The zero-order chi connectivity index (χ0) is 8.04. The molecule has 0 aliphatic rings. The lowest BCUT2D eigenvalue weighted by molar-refractivity contribution is 0.806. The van der Waals surface area contributed by atoms with Crippen LogP contribution in [0.15, 0.2) is 17.1 Å². The van der Waals surface area contributed by atoms with Crippen LogP contribution in [0.1, 0.15) is 13.8 Å². The lowest BCUT2D eigenvalue weighted by atomic mass is 9.94. The Labute approximate surface area is 61.9 Å². The molecule has 2 nitrogen and oxygen atoms in total. The van der Waals surface area contributed by atoms with Crippen LogP contribution in [0.5, 0.6) is 0 Å². The van der Waals surface area contributed by atoms with Crippen LogP contribution in [-0.2, 0) is 0 Å². The number of nitrogens with zero attached hydrogens (tertiary/aromatic N) is 2. The van der Waals surface area contributed by atoms with E-state index >= 15 is 0 Å². The van der Waals surface area contributed by atoms with E-state index in [4.69, 9.17) is 5.26 Å². The van der Waals surface area contributed by atoms with Gasteiger partial charge in [-0.1, -0.05) is 12.2 Å². The molecule has 10 heavy (non-hydrogen) atoms. The Morgan fingerprint density at radius 1 is 1.60 bits per heavy atom. The Balaban J connectivity index is 4.42. The summed E-state index contributed by atoms with van der Waals surface area (Å²) in [5.41, 5.74) is -0.524. The van der Waals surface area contributed by atoms with Crippen molar-refractivity contribution in [3.63, 3.8) is 0 Å². The van der Waals surface area contributed by atoms with E-state index in [9.17, 15) is 0 Å². The summed E-state index contributed by atoms with van der Waals surface area (Å²) in [6.45, 7) is 3.71. The summed E-state index contributed by atoms with van der Waals surface area (Å²) in [6.07, 6.45) is 5.30. The van der Waals surface area contributed by atoms with Gasteiger partial charge in [0.05, 0.1) is 6.07 Å². The van der Waals surface area contributed by atoms with Gasteiger partial charge in [0, 0.05) is 13.3 Å². The fraction of sp³-hybridized carbons (Fsp3) is 0.500. The van der Waals surface area contributed by atoms with Crippen LogP contribution < -0.4 is 0 Å². The van der Waals surface area contributed by atoms with Crippen LogP contribution >= 0.6 is 0 Å². The summed E-state index contributed by atoms with van der Waals surface area (Å²) in [5, 5.41) is 8.66. The molecule has 0 saturated heterocycles. The standard InChI is InChI=1S/C8H12N2/c1-4-5-8(2,6-9)7-10-3/h4-5,7H,1-3H3/b5-4-,10-7?. The summed E-state index contributed by atoms with van der Waals surface area (Å²) >= 11 is 0. The molecule has 0 N–H and O–H groups in total. The molecule has 0 aliphatic carbocycles. The fourth-order valence-electron chi connectivity index (χ4n) is 0.724. The van der Waals surface area contributed by atoms with Gasteiger partial charge < -0.3 is 0 Å². The van der Waals surface area contributed by atoms with Crippen LogP contribution in [-0.4, -0.2) is 13.3 Å². The quantitative estimate of drug-likeness (QED) is 0.421. The lowest BCUT2D eigenvalue weighted by Crippen LogP contribution is -2.11. The molecule has 0 bridgehead atoms. The third-order valence-electron chi connectivity index (χ3n) is 1.15. The second-order valence-corrected chi connectivity index (χ2v) is 2.28. The van der Waals surface area contributed by atoms with Gasteiger partial charge in [0.2, 0.25) is 0 Å². The average Bonchev–Trinajstić information content (AvgIpc) is 1.89. The van der Waals surface area contributed by atoms with Crippen molar-refractivity contribution in [1.82, 2.24) is 0 Å². The van der Waals surface area contributed by atoms with E-state index in [0.717, 1.165) is 0 Å². The Kier molecular flexibility index (Phi) is 3.42. The lowest BCUT2D eigenvalue weighted by Gasteiger charge is -2.07. The molecule has 1 unspecified atom stereocenters. The average molecular weight is 136 g/mol. The molecule has 54 valence electrons. The number of rotatable bonds is 2. The van der Waals surface area contributed by atoms with Crippen molar-refractivity contribution in [2.75, 3.05) is 7.05 Å².